The Morgan fingerprint density at radius 3 is 2.67 bits per heavy atom. The predicted molar refractivity (Wildman–Crippen MR) is 133 cm³/mol. The third-order valence-electron chi connectivity index (χ3n) is 6.01. The molecule has 1 aliphatic rings. The zero-order valence-electron chi connectivity index (χ0n) is 19.1. The summed E-state index contributed by atoms with van der Waals surface area (Å²) in [6, 6.07) is 15.4. The van der Waals surface area contributed by atoms with E-state index in [-0.39, 0.29) is 5.69 Å². The fourth-order valence-corrected chi connectivity index (χ4v) is 4.55. The molecule has 2 heterocycles. The number of benzene rings is 1. The van der Waals surface area contributed by atoms with Crippen LogP contribution in [0.4, 0.5) is 23.0 Å². The smallest absolute Gasteiger partial charge is 0.356 e. The maximum Gasteiger partial charge on any atom is 0.356 e. The van der Waals surface area contributed by atoms with Crippen molar-refractivity contribution >= 4 is 40.6 Å². The van der Waals surface area contributed by atoms with E-state index in [2.05, 4.69) is 33.5 Å². The largest absolute Gasteiger partial charge is 0.461 e. The molecule has 0 saturated heterocycles. The molecule has 0 radical (unpaired) electrons. The van der Waals surface area contributed by atoms with Gasteiger partial charge in [0, 0.05) is 7.05 Å². The average molecular weight is 465 g/mol. The van der Waals surface area contributed by atoms with Gasteiger partial charge in [-0.15, -0.1) is 0 Å². The summed E-state index contributed by atoms with van der Waals surface area (Å²) in [5, 5.41) is 3.92. The molecule has 7 heteroatoms. The molecule has 0 unspecified atom stereocenters. The molecule has 0 atom stereocenters. The summed E-state index contributed by atoms with van der Waals surface area (Å²) in [7, 11) is 1.96. The van der Waals surface area contributed by atoms with Gasteiger partial charge in [-0.05, 0) is 67.6 Å². The number of carbonyl (C=O) groups is 1. The zero-order valence-corrected chi connectivity index (χ0v) is 19.8. The fraction of sp³-hybridized carbons (Fsp3) is 0.346. The minimum absolute atomic E-state index is 0.262. The molecule has 172 valence electrons. The summed E-state index contributed by atoms with van der Waals surface area (Å²) >= 11 is 6.67. The molecule has 33 heavy (non-hydrogen) atoms. The number of hydrogen-bond donors (Lipinski definition) is 1. The molecule has 0 bridgehead atoms. The quantitative estimate of drug-likeness (QED) is 0.385. The molecular formula is C26H29ClN4O2. The van der Waals surface area contributed by atoms with Crippen molar-refractivity contribution in [3.63, 3.8) is 0 Å². The maximum atomic E-state index is 11.9. The first-order valence-electron chi connectivity index (χ1n) is 11.5. The summed E-state index contributed by atoms with van der Waals surface area (Å²) in [6.45, 7) is 2.08. The fourth-order valence-electron chi connectivity index (χ4n) is 4.24. The number of rotatable bonds is 7. The highest BCUT2D eigenvalue weighted by Gasteiger charge is 2.18. The van der Waals surface area contributed by atoms with E-state index >= 15 is 0 Å². The van der Waals surface area contributed by atoms with E-state index in [1.807, 2.05) is 24.1 Å². The molecule has 1 aliphatic carbocycles. The van der Waals surface area contributed by atoms with Crippen molar-refractivity contribution in [3.05, 3.63) is 71.0 Å². The van der Waals surface area contributed by atoms with Crippen LogP contribution in [-0.4, -0.2) is 29.6 Å². The van der Waals surface area contributed by atoms with Crippen molar-refractivity contribution in [1.82, 2.24) is 9.97 Å². The number of anilines is 4. The Labute approximate surface area is 200 Å². The SMILES string of the molecule is CCOC(=O)c1cccc(Nc2ccc(N(C)c3ccc(C4CCCCC4)cc3Cl)nc2)n1. The van der Waals surface area contributed by atoms with E-state index in [0.29, 0.717) is 18.3 Å². The van der Waals surface area contributed by atoms with Crippen LogP contribution in [0.15, 0.2) is 54.7 Å². The van der Waals surface area contributed by atoms with Gasteiger partial charge in [-0.2, -0.15) is 0 Å². The lowest BCUT2D eigenvalue weighted by atomic mass is 9.84. The molecular weight excluding hydrogens is 436 g/mol. The van der Waals surface area contributed by atoms with Gasteiger partial charge in [0.05, 0.1) is 29.2 Å². The Bertz CT molecular complexity index is 1100. The maximum absolute atomic E-state index is 11.9. The summed E-state index contributed by atoms with van der Waals surface area (Å²) in [5.74, 6) is 1.50. The van der Waals surface area contributed by atoms with Crippen molar-refractivity contribution in [2.24, 2.45) is 0 Å². The minimum atomic E-state index is -0.442. The van der Waals surface area contributed by atoms with E-state index in [1.165, 1.54) is 37.7 Å². The van der Waals surface area contributed by atoms with Gasteiger partial charge in [0.15, 0.2) is 5.69 Å². The Kier molecular flexibility index (Phi) is 7.45. The average Bonchev–Trinajstić information content (AvgIpc) is 2.85. The normalized spacial score (nSPS) is 14.0. The van der Waals surface area contributed by atoms with Crippen molar-refractivity contribution in [2.45, 2.75) is 44.9 Å². The molecule has 1 fully saturated rings. The topological polar surface area (TPSA) is 67.3 Å². The zero-order chi connectivity index (χ0) is 23.2. The number of esters is 1. The molecule has 3 aromatic rings. The van der Waals surface area contributed by atoms with Gasteiger partial charge in [-0.1, -0.05) is 43.0 Å². The molecule has 6 nitrogen and oxygen atoms in total. The summed E-state index contributed by atoms with van der Waals surface area (Å²) in [6.07, 6.45) is 8.18. The Balaban J connectivity index is 1.45. The van der Waals surface area contributed by atoms with Crippen LogP contribution in [0.3, 0.4) is 0 Å². The highest BCUT2D eigenvalue weighted by Crippen LogP contribution is 2.37. The van der Waals surface area contributed by atoms with Crippen molar-refractivity contribution in [1.29, 1.82) is 0 Å². The van der Waals surface area contributed by atoms with Gasteiger partial charge < -0.3 is 15.0 Å². The lowest BCUT2D eigenvalue weighted by Crippen LogP contribution is -2.12. The monoisotopic (exact) mass is 464 g/mol. The first-order chi connectivity index (χ1) is 16.0. The van der Waals surface area contributed by atoms with Gasteiger partial charge in [-0.3, -0.25) is 0 Å². The van der Waals surface area contributed by atoms with Gasteiger partial charge in [0.25, 0.3) is 0 Å². The van der Waals surface area contributed by atoms with Crippen LogP contribution < -0.4 is 10.2 Å². The number of ether oxygens (including phenoxy) is 1. The molecule has 0 aliphatic heterocycles. The van der Waals surface area contributed by atoms with Crippen LogP contribution in [0.1, 0.15) is 61.0 Å². The van der Waals surface area contributed by atoms with Crippen LogP contribution in [0.25, 0.3) is 0 Å². The second-order valence-corrected chi connectivity index (χ2v) is 8.67. The molecule has 4 rings (SSSR count). The van der Waals surface area contributed by atoms with Crippen molar-refractivity contribution < 1.29 is 9.53 Å². The Morgan fingerprint density at radius 2 is 1.97 bits per heavy atom. The van der Waals surface area contributed by atoms with Crippen LogP contribution >= 0.6 is 11.6 Å². The molecule has 2 aromatic heterocycles. The van der Waals surface area contributed by atoms with Gasteiger partial charge >= 0.3 is 5.97 Å². The lowest BCUT2D eigenvalue weighted by Gasteiger charge is -2.24. The third kappa shape index (κ3) is 5.63. The molecule has 1 aromatic carbocycles. The molecule has 1 N–H and O–H groups in total. The van der Waals surface area contributed by atoms with E-state index < -0.39 is 5.97 Å². The van der Waals surface area contributed by atoms with E-state index in [4.69, 9.17) is 16.3 Å². The predicted octanol–water partition coefficient (Wildman–Crippen LogP) is 6.87. The van der Waals surface area contributed by atoms with Crippen LogP contribution in [-0.2, 0) is 4.74 Å². The second-order valence-electron chi connectivity index (χ2n) is 8.26. The van der Waals surface area contributed by atoms with Crippen molar-refractivity contribution in [3.8, 4) is 0 Å². The highest BCUT2D eigenvalue weighted by atomic mass is 35.5. The van der Waals surface area contributed by atoms with Gasteiger partial charge in [0.2, 0.25) is 0 Å². The number of nitrogens with zero attached hydrogens (tertiary/aromatic N) is 3. The van der Waals surface area contributed by atoms with Gasteiger partial charge in [0.1, 0.15) is 11.6 Å². The second kappa shape index (κ2) is 10.7. The first kappa shape index (κ1) is 23.1. The van der Waals surface area contributed by atoms with Crippen LogP contribution in [0.5, 0.6) is 0 Å². The van der Waals surface area contributed by atoms with Crippen molar-refractivity contribution in [2.75, 3.05) is 23.9 Å². The molecule has 0 amide bonds. The van der Waals surface area contributed by atoms with E-state index in [1.54, 1.807) is 31.3 Å². The highest BCUT2D eigenvalue weighted by molar-refractivity contribution is 6.33. The molecule has 1 saturated carbocycles. The minimum Gasteiger partial charge on any atom is -0.461 e. The van der Waals surface area contributed by atoms with Gasteiger partial charge in [-0.25, -0.2) is 14.8 Å². The Hall–Kier alpha value is -3.12. The van der Waals surface area contributed by atoms with E-state index in [0.717, 1.165) is 22.2 Å². The number of aromatic nitrogens is 2. The number of carbonyl (C=O) groups excluding carboxylic acids is 1. The van der Waals surface area contributed by atoms with E-state index in [9.17, 15) is 4.79 Å². The summed E-state index contributed by atoms with van der Waals surface area (Å²) in [5.41, 5.74) is 3.28. The lowest BCUT2D eigenvalue weighted by molar-refractivity contribution is 0.0519. The number of halogens is 1. The van der Waals surface area contributed by atoms with Crippen LogP contribution in [0, 0.1) is 0 Å². The number of pyridine rings is 2. The first-order valence-corrected chi connectivity index (χ1v) is 11.8. The number of hydrogen-bond acceptors (Lipinski definition) is 6. The summed E-state index contributed by atoms with van der Waals surface area (Å²) < 4.78 is 5.01. The number of nitrogens with one attached hydrogen (secondary N) is 1. The Morgan fingerprint density at radius 1 is 1.15 bits per heavy atom. The molecule has 0 spiro atoms. The third-order valence-corrected chi connectivity index (χ3v) is 6.31. The standard InChI is InChI=1S/C26H29ClN4O2/c1-3-33-26(32)22-10-7-11-24(30-22)29-20-13-15-25(28-17-20)31(2)23-14-12-19(16-21(23)27)18-8-5-4-6-9-18/h7,10-18H,3-6,8-9H2,1-2H3,(H,29,30). The summed E-state index contributed by atoms with van der Waals surface area (Å²) in [4.78, 5) is 22.8. The van der Waals surface area contributed by atoms with Crippen LogP contribution in [0.2, 0.25) is 5.02 Å².